The maximum Gasteiger partial charge on any atom is 0.252 e. The molecule has 128 valence electrons. The standard InChI is InChI=1S/C21H18N4O/c22-13-15-5-1-2-6-17(15)18-7-3-4-8-19(18)21(26)24-16-9-10-20-23-11-12-25(20)14-16/h1-8,11-12,16H,9-10,14H2,(H,24,26). The third-order valence-corrected chi connectivity index (χ3v) is 4.78. The van der Waals surface area contributed by atoms with Crippen molar-refractivity contribution in [2.75, 3.05) is 0 Å². The normalized spacial score (nSPS) is 15.7. The van der Waals surface area contributed by atoms with E-state index >= 15 is 0 Å². The van der Waals surface area contributed by atoms with Crippen LogP contribution in [0.4, 0.5) is 0 Å². The molecule has 0 saturated carbocycles. The second-order valence-corrected chi connectivity index (χ2v) is 6.41. The quantitative estimate of drug-likeness (QED) is 0.795. The first kappa shape index (κ1) is 16.1. The van der Waals surface area contributed by atoms with Gasteiger partial charge in [0.2, 0.25) is 0 Å². The van der Waals surface area contributed by atoms with Crippen molar-refractivity contribution in [3.05, 3.63) is 77.9 Å². The highest BCUT2D eigenvalue weighted by molar-refractivity contribution is 6.01. The lowest BCUT2D eigenvalue weighted by Gasteiger charge is -2.25. The van der Waals surface area contributed by atoms with E-state index in [0.717, 1.165) is 36.3 Å². The van der Waals surface area contributed by atoms with Crippen LogP contribution < -0.4 is 5.32 Å². The maximum absolute atomic E-state index is 12.9. The van der Waals surface area contributed by atoms with E-state index in [0.29, 0.717) is 11.1 Å². The lowest BCUT2D eigenvalue weighted by Crippen LogP contribution is -2.41. The van der Waals surface area contributed by atoms with Crippen LogP contribution in [-0.2, 0) is 13.0 Å². The van der Waals surface area contributed by atoms with Crippen molar-refractivity contribution in [2.24, 2.45) is 0 Å². The zero-order valence-electron chi connectivity index (χ0n) is 14.2. The molecule has 1 aliphatic rings. The summed E-state index contributed by atoms with van der Waals surface area (Å²) in [6.45, 7) is 0.734. The smallest absolute Gasteiger partial charge is 0.252 e. The van der Waals surface area contributed by atoms with Gasteiger partial charge in [0, 0.05) is 42.5 Å². The number of hydrogen-bond acceptors (Lipinski definition) is 3. The average Bonchev–Trinajstić information content (AvgIpc) is 3.15. The largest absolute Gasteiger partial charge is 0.347 e. The molecule has 2 aromatic carbocycles. The van der Waals surface area contributed by atoms with Gasteiger partial charge in [-0.05, 0) is 24.1 Å². The van der Waals surface area contributed by atoms with Gasteiger partial charge in [0.15, 0.2) is 0 Å². The number of nitrogens with one attached hydrogen (secondary N) is 1. The SMILES string of the molecule is N#Cc1ccccc1-c1ccccc1C(=O)NC1CCc2nccn2C1. The summed E-state index contributed by atoms with van der Waals surface area (Å²) >= 11 is 0. The molecule has 4 rings (SSSR count). The highest BCUT2D eigenvalue weighted by Gasteiger charge is 2.22. The molecule has 2 heterocycles. The highest BCUT2D eigenvalue weighted by atomic mass is 16.1. The first-order valence-corrected chi connectivity index (χ1v) is 8.65. The number of rotatable bonds is 3. The Balaban J connectivity index is 1.61. The number of nitriles is 1. The summed E-state index contributed by atoms with van der Waals surface area (Å²) in [6, 6.07) is 17.1. The molecule has 1 aliphatic heterocycles. The molecule has 5 heteroatoms. The third-order valence-electron chi connectivity index (χ3n) is 4.78. The molecule has 26 heavy (non-hydrogen) atoms. The Morgan fingerprint density at radius 3 is 2.77 bits per heavy atom. The summed E-state index contributed by atoms with van der Waals surface area (Å²) in [7, 11) is 0. The summed E-state index contributed by atoms with van der Waals surface area (Å²) in [5, 5.41) is 12.5. The summed E-state index contributed by atoms with van der Waals surface area (Å²) in [6.07, 6.45) is 5.48. The van der Waals surface area contributed by atoms with E-state index in [1.165, 1.54) is 0 Å². The first-order valence-electron chi connectivity index (χ1n) is 8.65. The van der Waals surface area contributed by atoms with Gasteiger partial charge in [0.05, 0.1) is 11.6 Å². The Morgan fingerprint density at radius 2 is 1.92 bits per heavy atom. The Labute approximate surface area is 151 Å². The van der Waals surface area contributed by atoms with Crippen molar-refractivity contribution >= 4 is 5.91 Å². The van der Waals surface area contributed by atoms with Crippen LogP contribution in [-0.4, -0.2) is 21.5 Å². The van der Waals surface area contributed by atoms with Gasteiger partial charge in [-0.1, -0.05) is 36.4 Å². The minimum atomic E-state index is -0.109. The number of aryl methyl sites for hydroxylation is 1. The molecule has 1 N–H and O–H groups in total. The van der Waals surface area contributed by atoms with E-state index in [-0.39, 0.29) is 11.9 Å². The maximum atomic E-state index is 12.9. The number of aromatic nitrogens is 2. The van der Waals surface area contributed by atoms with Crippen molar-refractivity contribution in [3.8, 4) is 17.2 Å². The summed E-state index contributed by atoms with van der Waals surface area (Å²) in [5.74, 6) is 0.959. The Hall–Kier alpha value is -3.39. The van der Waals surface area contributed by atoms with Crippen LogP contribution >= 0.6 is 0 Å². The van der Waals surface area contributed by atoms with Gasteiger partial charge in [0.25, 0.3) is 5.91 Å². The lowest BCUT2D eigenvalue weighted by atomic mass is 9.95. The predicted octanol–water partition coefficient (Wildman–Crippen LogP) is 3.17. The zero-order chi connectivity index (χ0) is 17.9. The number of hydrogen-bond donors (Lipinski definition) is 1. The van der Waals surface area contributed by atoms with Crippen LogP contribution in [0.2, 0.25) is 0 Å². The van der Waals surface area contributed by atoms with Gasteiger partial charge >= 0.3 is 0 Å². The second-order valence-electron chi connectivity index (χ2n) is 6.41. The molecule has 0 saturated heterocycles. The number of fused-ring (bicyclic) bond motifs is 1. The van der Waals surface area contributed by atoms with Gasteiger partial charge in [-0.25, -0.2) is 4.98 Å². The summed E-state index contributed by atoms with van der Waals surface area (Å²) < 4.78 is 2.09. The average molecular weight is 342 g/mol. The molecular weight excluding hydrogens is 324 g/mol. The number of benzene rings is 2. The third kappa shape index (κ3) is 2.98. The highest BCUT2D eigenvalue weighted by Crippen LogP contribution is 2.27. The van der Waals surface area contributed by atoms with Crippen molar-refractivity contribution in [1.29, 1.82) is 5.26 Å². The molecule has 5 nitrogen and oxygen atoms in total. The van der Waals surface area contributed by atoms with Crippen LogP contribution in [0, 0.1) is 11.3 Å². The lowest BCUT2D eigenvalue weighted by molar-refractivity contribution is 0.0928. The van der Waals surface area contributed by atoms with Crippen LogP contribution in [0.3, 0.4) is 0 Å². The van der Waals surface area contributed by atoms with Gasteiger partial charge < -0.3 is 9.88 Å². The fourth-order valence-electron chi connectivity index (χ4n) is 3.48. The molecule has 0 fully saturated rings. The minimum Gasteiger partial charge on any atom is -0.347 e. The van der Waals surface area contributed by atoms with Crippen molar-refractivity contribution < 1.29 is 4.79 Å². The topological polar surface area (TPSA) is 70.7 Å². The predicted molar refractivity (Wildman–Crippen MR) is 98.4 cm³/mol. The number of imidazole rings is 1. The van der Waals surface area contributed by atoms with Gasteiger partial charge in [-0.15, -0.1) is 0 Å². The molecule has 1 atom stereocenters. The summed E-state index contributed by atoms with van der Waals surface area (Å²) in [5.41, 5.74) is 2.71. The number of amides is 1. The van der Waals surface area contributed by atoms with E-state index in [1.54, 1.807) is 12.3 Å². The van der Waals surface area contributed by atoms with E-state index in [9.17, 15) is 10.1 Å². The van der Waals surface area contributed by atoms with Crippen LogP contribution in [0.25, 0.3) is 11.1 Å². The van der Waals surface area contributed by atoms with Crippen molar-refractivity contribution in [3.63, 3.8) is 0 Å². The van der Waals surface area contributed by atoms with Crippen LogP contribution in [0.1, 0.15) is 28.2 Å². The molecule has 0 bridgehead atoms. The minimum absolute atomic E-state index is 0.0727. The molecule has 1 unspecified atom stereocenters. The molecule has 0 spiro atoms. The number of nitrogens with zero attached hydrogens (tertiary/aromatic N) is 3. The van der Waals surface area contributed by atoms with Gasteiger partial charge in [-0.2, -0.15) is 5.26 Å². The number of carbonyl (C=O) groups excluding carboxylic acids is 1. The second kappa shape index (κ2) is 6.85. The fourth-order valence-corrected chi connectivity index (χ4v) is 3.48. The summed E-state index contributed by atoms with van der Waals surface area (Å²) in [4.78, 5) is 17.3. The Morgan fingerprint density at radius 1 is 1.15 bits per heavy atom. The molecule has 1 amide bonds. The van der Waals surface area contributed by atoms with Crippen LogP contribution in [0.15, 0.2) is 60.9 Å². The van der Waals surface area contributed by atoms with E-state index in [2.05, 4.69) is 20.9 Å². The van der Waals surface area contributed by atoms with Gasteiger partial charge in [0.1, 0.15) is 5.82 Å². The molecule has 0 radical (unpaired) electrons. The first-order chi connectivity index (χ1) is 12.8. The monoisotopic (exact) mass is 342 g/mol. The molecule has 0 aliphatic carbocycles. The fraction of sp³-hybridized carbons (Fsp3) is 0.190. The van der Waals surface area contributed by atoms with Crippen molar-refractivity contribution in [2.45, 2.75) is 25.4 Å². The van der Waals surface area contributed by atoms with Crippen LogP contribution in [0.5, 0.6) is 0 Å². The van der Waals surface area contributed by atoms with E-state index < -0.39 is 0 Å². The van der Waals surface area contributed by atoms with E-state index in [4.69, 9.17) is 0 Å². The molecular formula is C21H18N4O. The van der Waals surface area contributed by atoms with E-state index in [1.807, 2.05) is 48.7 Å². The Kier molecular flexibility index (Phi) is 4.24. The van der Waals surface area contributed by atoms with Gasteiger partial charge in [-0.3, -0.25) is 4.79 Å². The zero-order valence-corrected chi connectivity index (χ0v) is 14.2. The molecule has 3 aromatic rings. The number of carbonyl (C=O) groups is 1. The Bertz CT molecular complexity index is 999. The van der Waals surface area contributed by atoms with Crippen molar-refractivity contribution in [1.82, 2.24) is 14.9 Å². The molecule has 1 aromatic heterocycles.